The van der Waals surface area contributed by atoms with E-state index in [0.717, 1.165) is 17.9 Å². The van der Waals surface area contributed by atoms with E-state index in [9.17, 15) is 4.79 Å². The van der Waals surface area contributed by atoms with Crippen molar-refractivity contribution in [3.05, 3.63) is 29.8 Å². The molecule has 0 unspecified atom stereocenters. The summed E-state index contributed by atoms with van der Waals surface area (Å²) in [5, 5.41) is 2.99. The van der Waals surface area contributed by atoms with Crippen molar-refractivity contribution in [2.45, 2.75) is 6.42 Å². The van der Waals surface area contributed by atoms with Crippen molar-refractivity contribution in [3.63, 3.8) is 0 Å². The van der Waals surface area contributed by atoms with Crippen molar-refractivity contribution in [1.29, 1.82) is 0 Å². The molecular formula is C11H16N2O2. The highest BCUT2D eigenvalue weighted by molar-refractivity contribution is 5.76. The van der Waals surface area contributed by atoms with Gasteiger partial charge in [-0.25, -0.2) is 0 Å². The lowest BCUT2D eigenvalue weighted by molar-refractivity contribution is -0.117. The van der Waals surface area contributed by atoms with Crippen LogP contribution in [0.4, 0.5) is 0 Å². The summed E-state index contributed by atoms with van der Waals surface area (Å²) in [6.45, 7) is 1.44. The van der Waals surface area contributed by atoms with Gasteiger partial charge in [0.05, 0.1) is 6.42 Å². The number of carbonyl (C=O) groups excluding carboxylic acids is 1. The number of nitrogens with two attached hydrogens (primary N) is 1. The van der Waals surface area contributed by atoms with Gasteiger partial charge in [-0.1, -0.05) is 12.1 Å². The molecular weight excluding hydrogens is 192 g/mol. The van der Waals surface area contributed by atoms with Crippen LogP contribution in [0.3, 0.4) is 0 Å². The molecule has 0 saturated carbocycles. The Labute approximate surface area is 89.4 Å². The molecule has 4 nitrogen and oxygen atoms in total. The quantitative estimate of drug-likeness (QED) is 0.661. The minimum absolute atomic E-state index is 0.275. The van der Waals surface area contributed by atoms with Crippen LogP contribution >= 0.6 is 0 Å². The van der Waals surface area contributed by atoms with E-state index in [1.165, 1.54) is 0 Å². The molecule has 1 aromatic carbocycles. The molecule has 1 amide bonds. The van der Waals surface area contributed by atoms with E-state index in [2.05, 4.69) is 5.32 Å². The van der Waals surface area contributed by atoms with Gasteiger partial charge in [0.25, 0.3) is 0 Å². The molecule has 15 heavy (non-hydrogen) atoms. The third kappa shape index (κ3) is 4.46. The maximum absolute atomic E-state index is 10.6. The Bertz CT molecular complexity index is 309. The summed E-state index contributed by atoms with van der Waals surface area (Å²) < 4.78 is 5.43. The first-order chi connectivity index (χ1) is 7.22. The number of rotatable bonds is 6. The van der Waals surface area contributed by atoms with E-state index in [-0.39, 0.29) is 12.3 Å². The first kappa shape index (κ1) is 11.5. The molecule has 0 aromatic heterocycles. The normalized spacial score (nSPS) is 9.93. The average molecular weight is 208 g/mol. The molecule has 0 saturated heterocycles. The first-order valence-corrected chi connectivity index (χ1v) is 4.87. The Morgan fingerprint density at radius 2 is 2.07 bits per heavy atom. The Morgan fingerprint density at radius 3 is 2.60 bits per heavy atom. The van der Waals surface area contributed by atoms with Crippen LogP contribution in [0.1, 0.15) is 5.56 Å². The molecule has 0 spiro atoms. The Hall–Kier alpha value is -1.55. The Balaban J connectivity index is 2.45. The van der Waals surface area contributed by atoms with Crippen molar-refractivity contribution in [1.82, 2.24) is 5.32 Å². The fourth-order valence-corrected chi connectivity index (χ4v) is 1.18. The number of amides is 1. The van der Waals surface area contributed by atoms with Gasteiger partial charge in [-0.05, 0) is 24.7 Å². The molecule has 1 aromatic rings. The van der Waals surface area contributed by atoms with Crippen LogP contribution in [0.15, 0.2) is 24.3 Å². The number of carbonyl (C=O) groups is 1. The third-order valence-corrected chi connectivity index (χ3v) is 1.92. The second kappa shape index (κ2) is 6.03. The number of hydrogen-bond donors (Lipinski definition) is 2. The van der Waals surface area contributed by atoms with Crippen LogP contribution in [0.25, 0.3) is 0 Å². The van der Waals surface area contributed by atoms with Gasteiger partial charge >= 0.3 is 0 Å². The van der Waals surface area contributed by atoms with Crippen LogP contribution < -0.4 is 15.8 Å². The number of benzene rings is 1. The predicted molar refractivity (Wildman–Crippen MR) is 58.8 cm³/mol. The highest BCUT2D eigenvalue weighted by atomic mass is 16.5. The molecule has 3 N–H and O–H groups in total. The van der Waals surface area contributed by atoms with Gasteiger partial charge in [-0.3, -0.25) is 4.79 Å². The number of primary amides is 1. The van der Waals surface area contributed by atoms with Gasteiger partial charge in [0.1, 0.15) is 12.4 Å². The molecule has 0 radical (unpaired) electrons. The summed E-state index contributed by atoms with van der Waals surface area (Å²) in [5.74, 6) is 0.484. The molecule has 0 aliphatic heterocycles. The molecule has 0 bridgehead atoms. The maximum Gasteiger partial charge on any atom is 0.221 e. The highest BCUT2D eigenvalue weighted by Gasteiger charge is 1.98. The van der Waals surface area contributed by atoms with Crippen molar-refractivity contribution in [2.24, 2.45) is 5.73 Å². The number of likely N-dealkylation sites (N-methyl/N-ethyl adjacent to an activating group) is 1. The Morgan fingerprint density at radius 1 is 1.40 bits per heavy atom. The monoisotopic (exact) mass is 208 g/mol. The van der Waals surface area contributed by atoms with E-state index >= 15 is 0 Å². The van der Waals surface area contributed by atoms with Crippen LogP contribution in [0, 0.1) is 0 Å². The van der Waals surface area contributed by atoms with Gasteiger partial charge in [-0.15, -0.1) is 0 Å². The summed E-state index contributed by atoms with van der Waals surface area (Å²) in [5.41, 5.74) is 5.99. The summed E-state index contributed by atoms with van der Waals surface area (Å²) in [7, 11) is 1.87. The standard InChI is InChI=1S/C11H16N2O2/c1-13-6-7-15-10-4-2-9(3-5-10)8-11(12)14/h2-5,13H,6-8H2,1H3,(H2,12,14). The van der Waals surface area contributed by atoms with E-state index in [0.29, 0.717) is 6.61 Å². The molecule has 0 aliphatic carbocycles. The van der Waals surface area contributed by atoms with Gasteiger partial charge in [-0.2, -0.15) is 0 Å². The van der Waals surface area contributed by atoms with Crippen molar-refractivity contribution in [2.75, 3.05) is 20.2 Å². The zero-order valence-electron chi connectivity index (χ0n) is 8.82. The fourth-order valence-electron chi connectivity index (χ4n) is 1.18. The van der Waals surface area contributed by atoms with Crippen LogP contribution in [-0.2, 0) is 11.2 Å². The molecule has 0 atom stereocenters. The fraction of sp³-hybridized carbons (Fsp3) is 0.364. The largest absolute Gasteiger partial charge is 0.492 e. The molecule has 82 valence electrons. The van der Waals surface area contributed by atoms with E-state index in [1.54, 1.807) is 0 Å². The Kier molecular flexibility index (Phi) is 4.63. The minimum Gasteiger partial charge on any atom is -0.492 e. The van der Waals surface area contributed by atoms with Crippen LogP contribution in [0.2, 0.25) is 0 Å². The summed E-state index contributed by atoms with van der Waals surface area (Å²) >= 11 is 0. The minimum atomic E-state index is -0.321. The predicted octanol–water partition coefficient (Wildman–Crippen LogP) is 0.313. The topological polar surface area (TPSA) is 64.3 Å². The first-order valence-electron chi connectivity index (χ1n) is 4.87. The zero-order chi connectivity index (χ0) is 11.1. The van der Waals surface area contributed by atoms with Gasteiger partial charge in [0.2, 0.25) is 5.91 Å². The van der Waals surface area contributed by atoms with Crippen molar-refractivity contribution >= 4 is 5.91 Å². The van der Waals surface area contributed by atoms with Crippen LogP contribution in [-0.4, -0.2) is 26.1 Å². The van der Waals surface area contributed by atoms with Crippen molar-refractivity contribution < 1.29 is 9.53 Å². The van der Waals surface area contributed by atoms with E-state index in [1.807, 2.05) is 31.3 Å². The van der Waals surface area contributed by atoms with Gasteiger partial charge < -0.3 is 15.8 Å². The lowest BCUT2D eigenvalue weighted by atomic mass is 10.1. The smallest absolute Gasteiger partial charge is 0.221 e. The SMILES string of the molecule is CNCCOc1ccc(CC(N)=O)cc1. The van der Waals surface area contributed by atoms with Crippen molar-refractivity contribution in [3.8, 4) is 5.75 Å². The molecule has 0 aliphatic rings. The zero-order valence-corrected chi connectivity index (χ0v) is 8.82. The second-order valence-corrected chi connectivity index (χ2v) is 3.24. The van der Waals surface area contributed by atoms with Crippen LogP contribution in [0.5, 0.6) is 5.75 Å². The molecule has 0 heterocycles. The average Bonchev–Trinajstić information content (AvgIpc) is 2.20. The molecule has 4 heteroatoms. The highest BCUT2D eigenvalue weighted by Crippen LogP contribution is 2.12. The summed E-state index contributed by atoms with van der Waals surface area (Å²) in [6, 6.07) is 7.38. The number of hydrogen-bond acceptors (Lipinski definition) is 3. The number of ether oxygens (including phenoxy) is 1. The summed E-state index contributed by atoms with van der Waals surface area (Å²) in [6.07, 6.45) is 0.275. The summed E-state index contributed by atoms with van der Waals surface area (Å²) in [4.78, 5) is 10.6. The lowest BCUT2D eigenvalue weighted by Crippen LogP contribution is -2.16. The second-order valence-electron chi connectivity index (χ2n) is 3.24. The number of nitrogens with one attached hydrogen (secondary N) is 1. The van der Waals surface area contributed by atoms with Gasteiger partial charge in [0.15, 0.2) is 0 Å². The van der Waals surface area contributed by atoms with E-state index < -0.39 is 0 Å². The maximum atomic E-state index is 10.6. The van der Waals surface area contributed by atoms with Gasteiger partial charge in [0, 0.05) is 6.54 Å². The third-order valence-electron chi connectivity index (χ3n) is 1.92. The molecule has 0 fully saturated rings. The van der Waals surface area contributed by atoms with E-state index in [4.69, 9.17) is 10.5 Å². The molecule has 1 rings (SSSR count). The lowest BCUT2D eigenvalue weighted by Gasteiger charge is -2.06.